The predicted molar refractivity (Wildman–Crippen MR) is 137 cm³/mol. The number of aromatic amines is 1. The van der Waals surface area contributed by atoms with Gasteiger partial charge in [-0.15, -0.1) is 0 Å². The molecule has 3 atom stereocenters. The summed E-state index contributed by atoms with van der Waals surface area (Å²) in [6.45, 7) is 0. The van der Waals surface area contributed by atoms with E-state index in [0.717, 1.165) is 41.3 Å². The van der Waals surface area contributed by atoms with E-state index < -0.39 is 5.92 Å². The maximum absolute atomic E-state index is 14.1. The van der Waals surface area contributed by atoms with Crippen molar-refractivity contribution in [2.24, 2.45) is 5.92 Å². The Morgan fingerprint density at radius 3 is 2.57 bits per heavy atom. The molecule has 1 aromatic heterocycles. The number of para-hydroxylation sites is 1. The first-order valence-corrected chi connectivity index (χ1v) is 12.4. The van der Waals surface area contributed by atoms with Gasteiger partial charge in [-0.2, -0.15) is 0 Å². The fourth-order valence-corrected chi connectivity index (χ4v) is 6.02. The number of amides is 2. The van der Waals surface area contributed by atoms with Crippen molar-refractivity contribution in [3.05, 3.63) is 107 Å². The number of nitrogens with zero attached hydrogens (tertiary/aromatic N) is 1. The lowest BCUT2D eigenvalue weighted by Gasteiger charge is -2.34. The molecule has 2 heterocycles. The predicted octanol–water partition coefficient (Wildman–Crippen LogP) is 5.35. The van der Waals surface area contributed by atoms with Gasteiger partial charge in [0.2, 0.25) is 5.91 Å². The first-order chi connectivity index (χ1) is 17.1. The number of carbonyl (C=O) groups is 2. The number of aromatic nitrogens is 1. The summed E-state index contributed by atoms with van der Waals surface area (Å²) in [7, 11) is 1.83. The minimum atomic E-state index is -0.416. The highest BCUT2D eigenvalue weighted by atomic mass is 16.2. The second-order valence-electron chi connectivity index (χ2n) is 9.77. The van der Waals surface area contributed by atoms with Crippen LogP contribution in [-0.4, -0.2) is 28.7 Å². The van der Waals surface area contributed by atoms with Crippen LogP contribution in [-0.2, 0) is 17.6 Å². The maximum atomic E-state index is 14.1. The highest BCUT2D eigenvalue weighted by Crippen LogP contribution is 2.40. The average Bonchev–Trinajstić information content (AvgIpc) is 3.27. The van der Waals surface area contributed by atoms with Gasteiger partial charge in [0.05, 0.1) is 18.0 Å². The number of hydrogen-bond acceptors (Lipinski definition) is 2. The van der Waals surface area contributed by atoms with E-state index in [0.29, 0.717) is 12.0 Å². The van der Waals surface area contributed by atoms with E-state index >= 15 is 0 Å². The third-order valence-corrected chi connectivity index (χ3v) is 7.77. The highest BCUT2D eigenvalue weighted by Gasteiger charge is 2.40. The summed E-state index contributed by atoms with van der Waals surface area (Å²) >= 11 is 0. The Bertz CT molecular complexity index is 1420. The summed E-state index contributed by atoms with van der Waals surface area (Å²) < 4.78 is 0. The molecule has 4 aromatic rings. The first kappa shape index (κ1) is 21.7. The van der Waals surface area contributed by atoms with Crippen LogP contribution in [0.1, 0.15) is 57.5 Å². The molecule has 2 aliphatic rings. The number of H-pyrrole nitrogens is 1. The zero-order valence-electron chi connectivity index (χ0n) is 19.8. The molecule has 3 aromatic carbocycles. The van der Waals surface area contributed by atoms with Gasteiger partial charge in [0.25, 0.3) is 5.91 Å². The normalized spacial score (nSPS) is 21.8. The number of benzene rings is 3. The number of carbonyl (C=O) groups excluding carboxylic acids is 2. The smallest absolute Gasteiger partial charge is 0.254 e. The van der Waals surface area contributed by atoms with Crippen LogP contribution in [0.25, 0.3) is 10.9 Å². The van der Waals surface area contributed by atoms with Crippen LogP contribution in [0.15, 0.2) is 79.0 Å². The molecule has 0 fully saturated rings. The molecule has 0 saturated carbocycles. The van der Waals surface area contributed by atoms with E-state index in [9.17, 15) is 9.59 Å². The Morgan fingerprint density at radius 2 is 1.69 bits per heavy atom. The van der Waals surface area contributed by atoms with E-state index in [2.05, 4.69) is 34.6 Å². The van der Waals surface area contributed by atoms with E-state index in [1.165, 1.54) is 11.1 Å². The Morgan fingerprint density at radius 1 is 0.943 bits per heavy atom. The molecule has 1 aliphatic heterocycles. The summed E-state index contributed by atoms with van der Waals surface area (Å²) in [6.07, 6.45) is 5.51. The van der Waals surface area contributed by atoms with Crippen LogP contribution >= 0.6 is 0 Å². The summed E-state index contributed by atoms with van der Waals surface area (Å²) in [5, 5.41) is 4.44. The minimum absolute atomic E-state index is 0.00154. The van der Waals surface area contributed by atoms with Crippen LogP contribution in [0, 0.1) is 5.92 Å². The Balaban J connectivity index is 1.43. The van der Waals surface area contributed by atoms with Crippen LogP contribution in [0.4, 0.5) is 0 Å². The van der Waals surface area contributed by atoms with Gasteiger partial charge in [-0.3, -0.25) is 9.59 Å². The molecule has 6 rings (SSSR count). The van der Waals surface area contributed by atoms with Gasteiger partial charge in [-0.25, -0.2) is 0 Å². The van der Waals surface area contributed by atoms with Crippen molar-refractivity contribution in [3.63, 3.8) is 0 Å². The fourth-order valence-electron chi connectivity index (χ4n) is 6.02. The average molecular weight is 464 g/mol. The molecule has 2 N–H and O–H groups in total. The van der Waals surface area contributed by atoms with E-state index in [1.807, 2.05) is 61.8 Å². The Kier molecular flexibility index (Phi) is 5.40. The topological polar surface area (TPSA) is 65.2 Å². The largest absolute Gasteiger partial charge is 0.361 e. The molecular weight excluding hydrogens is 434 g/mol. The summed E-state index contributed by atoms with van der Waals surface area (Å²) in [6, 6.07) is 23.8. The molecule has 176 valence electrons. The quantitative estimate of drug-likeness (QED) is 0.430. The molecule has 0 radical (unpaired) electrons. The monoisotopic (exact) mass is 463 g/mol. The maximum Gasteiger partial charge on any atom is 0.254 e. The van der Waals surface area contributed by atoms with Crippen molar-refractivity contribution in [2.45, 2.75) is 37.8 Å². The van der Waals surface area contributed by atoms with Crippen molar-refractivity contribution in [2.75, 3.05) is 7.05 Å². The zero-order chi connectivity index (χ0) is 23.9. The minimum Gasteiger partial charge on any atom is -0.361 e. The van der Waals surface area contributed by atoms with Crippen LogP contribution in [0.3, 0.4) is 0 Å². The van der Waals surface area contributed by atoms with Gasteiger partial charge in [0.1, 0.15) is 0 Å². The second-order valence-corrected chi connectivity index (χ2v) is 9.77. The first-order valence-electron chi connectivity index (χ1n) is 12.4. The van der Waals surface area contributed by atoms with Gasteiger partial charge in [0, 0.05) is 35.3 Å². The van der Waals surface area contributed by atoms with Gasteiger partial charge in [-0.05, 0) is 54.5 Å². The Labute approximate surface area is 205 Å². The van der Waals surface area contributed by atoms with Gasteiger partial charge in [0.15, 0.2) is 0 Å². The van der Waals surface area contributed by atoms with Crippen molar-refractivity contribution in [1.29, 1.82) is 0 Å². The van der Waals surface area contributed by atoms with E-state index in [-0.39, 0.29) is 23.9 Å². The lowest BCUT2D eigenvalue weighted by atomic mass is 9.84. The molecule has 0 bridgehead atoms. The number of fused-ring (bicyclic) bond motifs is 3. The van der Waals surface area contributed by atoms with Gasteiger partial charge < -0.3 is 15.2 Å². The number of nitrogens with one attached hydrogen (secondary N) is 2. The molecule has 3 unspecified atom stereocenters. The van der Waals surface area contributed by atoms with Crippen LogP contribution < -0.4 is 5.32 Å². The van der Waals surface area contributed by atoms with Crippen LogP contribution in [0.5, 0.6) is 0 Å². The molecular formula is C30H29N3O2. The summed E-state index contributed by atoms with van der Waals surface area (Å²) in [4.78, 5) is 32.8. The number of rotatable bonds is 3. The number of aryl methyl sites for hydroxylation is 1. The van der Waals surface area contributed by atoms with Crippen LogP contribution in [0.2, 0.25) is 0 Å². The summed E-state index contributed by atoms with van der Waals surface area (Å²) in [5.74, 6) is -0.464. The standard InChI is InChI=1S/C30H29N3O2/c1-33-28(25-18-31-26-15-7-6-14-23(25)26)24(17-20-10-3-5-13-22(20)30(33)35)29(34)32-27-16-8-11-19-9-2-4-12-21(19)27/h2-7,9-10,12-15,18,24,27-28,31H,8,11,16-17H2,1H3,(H,32,34). The third-order valence-electron chi connectivity index (χ3n) is 7.77. The fraction of sp³-hybridized carbons (Fsp3) is 0.267. The van der Waals surface area contributed by atoms with Crippen molar-refractivity contribution in [3.8, 4) is 0 Å². The molecule has 5 nitrogen and oxygen atoms in total. The highest BCUT2D eigenvalue weighted by molar-refractivity contribution is 5.98. The zero-order valence-corrected chi connectivity index (χ0v) is 19.8. The SMILES string of the molecule is CN1C(=O)c2ccccc2CC(C(=O)NC2CCCc3ccccc32)C1c1c[nH]c2ccccc12. The molecule has 5 heteroatoms. The molecule has 35 heavy (non-hydrogen) atoms. The van der Waals surface area contributed by atoms with E-state index in [1.54, 1.807) is 4.90 Å². The second kappa shape index (κ2) is 8.73. The lowest BCUT2D eigenvalue weighted by molar-refractivity contribution is -0.127. The number of hydrogen-bond donors (Lipinski definition) is 2. The molecule has 0 spiro atoms. The van der Waals surface area contributed by atoms with Crippen molar-refractivity contribution < 1.29 is 9.59 Å². The molecule has 1 aliphatic carbocycles. The van der Waals surface area contributed by atoms with Gasteiger partial charge >= 0.3 is 0 Å². The van der Waals surface area contributed by atoms with Crippen molar-refractivity contribution in [1.82, 2.24) is 15.2 Å². The van der Waals surface area contributed by atoms with Gasteiger partial charge in [-0.1, -0.05) is 60.7 Å². The summed E-state index contributed by atoms with van der Waals surface area (Å²) in [5.41, 5.74) is 6.12. The Hall–Kier alpha value is -3.86. The van der Waals surface area contributed by atoms with Crippen molar-refractivity contribution >= 4 is 22.7 Å². The molecule has 2 amide bonds. The molecule has 0 saturated heterocycles. The third kappa shape index (κ3) is 3.72. The van der Waals surface area contributed by atoms with E-state index in [4.69, 9.17) is 0 Å². The lowest BCUT2D eigenvalue weighted by Crippen LogP contribution is -2.43.